The predicted octanol–water partition coefficient (Wildman–Crippen LogP) is 4.97. The molecule has 0 unspecified atom stereocenters. The molecule has 4 rings (SSSR count). The Labute approximate surface area is 177 Å². The number of methoxy groups -OCH3 is 1. The van der Waals surface area contributed by atoms with Crippen molar-refractivity contribution < 1.29 is 9.26 Å². The lowest BCUT2D eigenvalue weighted by molar-refractivity contribution is 0.391. The standard InChI is InChI=1S/C20H18ClN5O2S/c1-3-26-19(15-9-4-5-10-16(15)27-2)23-24-20(26)29-12-17-22-18(25-28-17)13-7-6-8-14(21)11-13/h4-11H,3,12H2,1-2H3. The van der Waals surface area contributed by atoms with Crippen molar-refractivity contribution in [2.45, 2.75) is 24.4 Å². The van der Waals surface area contributed by atoms with Crippen molar-refractivity contribution in [2.75, 3.05) is 7.11 Å². The summed E-state index contributed by atoms with van der Waals surface area (Å²) >= 11 is 7.52. The van der Waals surface area contributed by atoms with Crippen molar-refractivity contribution in [3.05, 3.63) is 59.4 Å². The lowest BCUT2D eigenvalue weighted by atomic mass is 10.2. The third-order valence-corrected chi connectivity index (χ3v) is 5.44. The molecule has 2 heterocycles. The number of hydrogen-bond donors (Lipinski definition) is 0. The quantitative estimate of drug-likeness (QED) is 0.385. The highest BCUT2D eigenvalue weighted by Crippen LogP contribution is 2.31. The van der Waals surface area contributed by atoms with E-state index in [2.05, 4.69) is 27.3 Å². The average Bonchev–Trinajstić information content (AvgIpc) is 3.39. The molecular formula is C20H18ClN5O2S. The third kappa shape index (κ3) is 4.13. The maximum Gasteiger partial charge on any atom is 0.237 e. The van der Waals surface area contributed by atoms with E-state index in [0.29, 0.717) is 22.5 Å². The van der Waals surface area contributed by atoms with Crippen LogP contribution in [0.25, 0.3) is 22.8 Å². The van der Waals surface area contributed by atoms with Crippen LogP contribution in [0.15, 0.2) is 58.2 Å². The molecule has 9 heteroatoms. The lowest BCUT2D eigenvalue weighted by Crippen LogP contribution is -2.01. The molecule has 4 aromatic rings. The van der Waals surface area contributed by atoms with E-state index in [1.165, 1.54) is 11.8 Å². The molecule has 0 saturated carbocycles. The second kappa shape index (κ2) is 8.67. The minimum absolute atomic E-state index is 0.484. The number of ether oxygens (including phenoxy) is 1. The van der Waals surface area contributed by atoms with Crippen LogP contribution in [0, 0.1) is 0 Å². The number of halogens is 1. The van der Waals surface area contributed by atoms with E-state index in [0.717, 1.165) is 34.4 Å². The number of rotatable bonds is 7. The summed E-state index contributed by atoms with van der Waals surface area (Å²) in [5.74, 6) is 3.02. The number of benzene rings is 2. The molecule has 0 amide bonds. The molecule has 0 aliphatic carbocycles. The fourth-order valence-corrected chi connectivity index (χ4v) is 3.92. The van der Waals surface area contributed by atoms with Crippen LogP contribution < -0.4 is 4.74 Å². The molecule has 0 fully saturated rings. The van der Waals surface area contributed by atoms with Crippen molar-refractivity contribution in [1.82, 2.24) is 24.9 Å². The number of aromatic nitrogens is 5. The van der Waals surface area contributed by atoms with Crippen LogP contribution >= 0.6 is 23.4 Å². The van der Waals surface area contributed by atoms with Gasteiger partial charge in [-0.05, 0) is 31.2 Å². The van der Waals surface area contributed by atoms with E-state index in [1.54, 1.807) is 19.2 Å². The van der Waals surface area contributed by atoms with Gasteiger partial charge in [0, 0.05) is 17.1 Å². The second-order valence-electron chi connectivity index (χ2n) is 6.06. The monoisotopic (exact) mass is 427 g/mol. The second-order valence-corrected chi connectivity index (χ2v) is 7.44. The topological polar surface area (TPSA) is 78.9 Å². The van der Waals surface area contributed by atoms with Crippen LogP contribution in [0.3, 0.4) is 0 Å². The summed E-state index contributed by atoms with van der Waals surface area (Å²) < 4.78 is 12.9. The Bertz CT molecular complexity index is 1130. The summed E-state index contributed by atoms with van der Waals surface area (Å²) in [5.41, 5.74) is 1.71. The van der Waals surface area contributed by atoms with Gasteiger partial charge in [0.25, 0.3) is 0 Å². The molecule has 0 spiro atoms. The van der Waals surface area contributed by atoms with Crippen molar-refractivity contribution in [3.8, 4) is 28.5 Å². The molecule has 0 radical (unpaired) electrons. The molecule has 7 nitrogen and oxygen atoms in total. The van der Waals surface area contributed by atoms with E-state index in [1.807, 2.05) is 41.0 Å². The molecule has 29 heavy (non-hydrogen) atoms. The highest BCUT2D eigenvalue weighted by Gasteiger charge is 2.17. The molecule has 0 N–H and O–H groups in total. The summed E-state index contributed by atoms with van der Waals surface area (Å²) in [6.07, 6.45) is 0. The Kier molecular flexibility index (Phi) is 5.82. The number of para-hydroxylation sites is 1. The van der Waals surface area contributed by atoms with Gasteiger partial charge >= 0.3 is 0 Å². The predicted molar refractivity (Wildman–Crippen MR) is 112 cm³/mol. The van der Waals surface area contributed by atoms with Crippen LogP contribution in [-0.2, 0) is 12.3 Å². The van der Waals surface area contributed by atoms with Gasteiger partial charge in [-0.2, -0.15) is 4.98 Å². The van der Waals surface area contributed by atoms with E-state index in [-0.39, 0.29) is 0 Å². The van der Waals surface area contributed by atoms with Gasteiger partial charge in [0.05, 0.1) is 18.4 Å². The van der Waals surface area contributed by atoms with Crippen LogP contribution in [0.1, 0.15) is 12.8 Å². The van der Waals surface area contributed by atoms with E-state index in [9.17, 15) is 0 Å². The minimum Gasteiger partial charge on any atom is -0.496 e. The zero-order valence-corrected chi connectivity index (χ0v) is 17.4. The Morgan fingerprint density at radius 2 is 2.00 bits per heavy atom. The van der Waals surface area contributed by atoms with Gasteiger partial charge < -0.3 is 13.8 Å². The SMILES string of the molecule is CCn1c(SCc2nc(-c3cccc(Cl)c3)no2)nnc1-c1ccccc1OC. The first-order valence-electron chi connectivity index (χ1n) is 8.97. The van der Waals surface area contributed by atoms with Crippen molar-refractivity contribution in [2.24, 2.45) is 0 Å². The Hall–Kier alpha value is -2.84. The molecule has 0 aliphatic heterocycles. The first kappa shape index (κ1) is 19.5. The van der Waals surface area contributed by atoms with Crippen molar-refractivity contribution in [1.29, 1.82) is 0 Å². The van der Waals surface area contributed by atoms with Gasteiger partial charge in [-0.1, -0.05) is 52.8 Å². The van der Waals surface area contributed by atoms with Gasteiger partial charge in [-0.25, -0.2) is 0 Å². The molecule has 2 aromatic carbocycles. The van der Waals surface area contributed by atoms with E-state index >= 15 is 0 Å². The number of thioether (sulfide) groups is 1. The zero-order chi connectivity index (χ0) is 20.2. The molecular weight excluding hydrogens is 410 g/mol. The highest BCUT2D eigenvalue weighted by molar-refractivity contribution is 7.98. The van der Waals surface area contributed by atoms with Gasteiger partial charge in [-0.15, -0.1) is 10.2 Å². The number of nitrogens with zero attached hydrogens (tertiary/aromatic N) is 5. The highest BCUT2D eigenvalue weighted by atomic mass is 35.5. The summed E-state index contributed by atoms with van der Waals surface area (Å²) in [7, 11) is 1.65. The summed E-state index contributed by atoms with van der Waals surface area (Å²) in [6, 6.07) is 15.1. The fraction of sp³-hybridized carbons (Fsp3) is 0.200. The maximum atomic E-state index is 6.03. The summed E-state index contributed by atoms with van der Waals surface area (Å²) in [5, 5.41) is 14.2. The first-order valence-corrected chi connectivity index (χ1v) is 10.3. The third-order valence-electron chi connectivity index (χ3n) is 4.26. The first-order chi connectivity index (χ1) is 14.2. The Morgan fingerprint density at radius 3 is 2.79 bits per heavy atom. The largest absolute Gasteiger partial charge is 0.496 e. The average molecular weight is 428 g/mol. The number of hydrogen-bond acceptors (Lipinski definition) is 7. The van der Waals surface area contributed by atoms with Gasteiger partial charge in [0.1, 0.15) is 5.75 Å². The Morgan fingerprint density at radius 1 is 1.14 bits per heavy atom. The van der Waals surface area contributed by atoms with Gasteiger partial charge in [-0.3, -0.25) is 0 Å². The lowest BCUT2D eigenvalue weighted by Gasteiger charge is -2.09. The Balaban J connectivity index is 1.53. The van der Waals surface area contributed by atoms with Crippen LogP contribution in [0.2, 0.25) is 5.02 Å². The van der Waals surface area contributed by atoms with Crippen LogP contribution in [-0.4, -0.2) is 32.0 Å². The van der Waals surface area contributed by atoms with Crippen molar-refractivity contribution >= 4 is 23.4 Å². The molecule has 0 atom stereocenters. The molecule has 0 aliphatic rings. The van der Waals surface area contributed by atoms with E-state index in [4.69, 9.17) is 20.9 Å². The smallest absolute Gasteiger partial charge is 0.237 e. The zero-order valence-electron chi connectivity index (χ0n) is 15.9. The minimum atomic E-state index is 0.484. The van der Waals surface area contributed by atoms with Crippen molar-refractivity contribution in [3.63, 3.8) is 0 Å². The van der Waals surface area contributed by atoms with Crippen LogP contribution in [0.4, 0.5) is 0 Å². The molecule has 148 valence electrons. The summed E-state index contributed by atoms with van der Waals surface area (Å²) in [4.78, 5) is 4.45. The molecule has 0 bridgehead atoms. The fourth-order valence-electron chi connectivity index (χ4n) is 2.89. The van der Waals surface area contributed by atoms with Gasteiger partial charge in [0.2, 0.25) is 11.7 Å². The molecule has 2 aromatic heterocycles. The molecule has 0 saturated heterocycles. The summed E-state index contributed by atoms with van der Waals surface area (Å²) in [6.45, 7) is 2.77. The van der Waals surface area contributed by atoms with Gasteiger partial charge in [0.15, 0.2) is 11.0 Å². The normalized spacial score (nSPS) is 11.0. The maximum absolute atomic E-state index is 6.03. The van der Waals surface area contributed by atoms with Crippen LogP contribution in [0.5, 0.6) is 5.75 Å². The van der Waals surface area contributed by atoms with E-state index < -0.39 is 0 Å².